The third kappa shape index (κ3) is 6.25. The molecule has 0 bridgehead atoms. The van der Waals surface area contributed by atoms with Gasteiger partial charge >= 0.3 is 6.01 Å². The number of fused-ring (bicyclic) bond motifs is 1. The van der Waals surface area contributed by atoms with Crippen molar-refractivity contribution in [2.75, 3.05) is 37.4 Å². The second kappa shape index (κ2) is 11.4. The van der Waals surface area contributed by atoms with Crippen LogP contribution in [-0.4, -0.2) is 66.3 Å². The third-order valence-electron chi connectivity index (χ3n) is 7.13. The average molecular weight is 619 g/mol. The molecule has 14 heteroatoms. The molecular formula is C27H29Cl2N7O4S. The van der Waals surface area contributed by atoms with Crippen molar-refractivity contribution >= 4 is 56.1 Å². The van der Waals surface area contributed by atoms with Crippen LogP contribution in [0.5, 0.6) is 6.01 Å². The second-order valence-electron chi connectivity index (χ2n) is 10.2. The van der Waals surface area contributed by atoms with Crippen molar-refractivity contribution in [2.24, 2.45) is 11.1 Å². The van der Waals surface area contributed by atoms with E-state index in [0.29, 0.717) is 64.3 Å². The third-order valence-corrected chi connectivity index (χ3v) is 8.44. The van der Waals surface area contributed by atoms with Crippen molar-refractivity contribution < 1.29 is 17.9 Å². The Balaban J connectivity index is 1.67. The maximum absolute atomic E-state index is 12.1. The number of sulfonamides is 1. The topological polar surface area (TPSA) is 145 Å². The van der Waals surface area contributed by atoms with Crippen molar-refractivity contribution in [1.82, 2.24) is 24.2 Å². The Morgan fingerprint density at radius 1 is 1.07 bits per heavy atom. The quantitative estimate of drug-likeness (QED) is 0.270. The minimum absolute atomic E-state index is 0.00418. The molecule has 11 nitrogen and oxygen atoms in total. The number of benzene rings is 2. The van der Waals surface area contributed by atoms with Crippen LogP contribution in [0.1, 0.15) is 19.8 Å². The largest absolute Gasteiger partial charge is 0.462 e. The number of halogens is 2. The zero-order valence-electron chi connectivity index (χ0n) is 22.5. The van der Waals surface area contributed by atoms with E-state index >= 15 is 0 Å². The summed E-state index contributed by atoms with van der Waals surface area (Å²) in [6, 6.07) is 14.7. The van der Waals surface area contributed by atoms with E-state index in [1.807, 2.05) is 46.7 Å². The first-order chi connectivity index (χ1) is 19.4. The Morgan fingerprint density at radius 2 is 1.76 bits per heavy atom. The smallest absolute Gasteiger partial charge is 0.320 e. The maximum atomic E-state index is 12.1. The number of ether oxygens (including phenoxy) is 1. The fourth-order valence-corrected chi connectivity index (χ4v) is 5.50. The van der Waals surface area contributed by atoms with Crippen LogP contribution >= 0.6 is 23.2 Å². The molecule has 216 valence electrons. The van der Waals surface area contributed by atoms with Gasteiger partial charge in [-0.2, -0.15) is 9.97 Å². The predicted molar refractivity (Wildman–Crippen MR) is 159 cm³/mol. The molecule has 0 saturated carbocycles. The number of nitrogens with zero attached hydrogens (tertiary/aromatic N) is 5. The van der Waals surface area contributed by atoms with Gasteiger partial charge in [-0.1, -0.05) is 42.3 Å². The molecule has 1 amide bonds. The van der Waals surface area contributed by atoms with Crippen molar-refractivity contribution in [3.8, 4) is 23.1 Å². The molecule has 0 aliphatic carbocycles. The van der Waals surface area contributed by atoms with Crippen LogP contribution < -0.4 is 20.1 Å². The molecule has 3 N–H and O–H groups in total. The molecular weight excluding hydrogens is 589 g/mol. The van der Waals surface area contributed by atoms with E-state index in [1.54, 1.807) is 18.2 Å². The van der Waals surface area contributed by atoms with Gasteiger partial charge in [-0.05, 0) is 49.2 Å². The van der Waals surface area contributed by atoms with E-state index in [0.717, 1.165) is 11.9 Å². The number of primary amides is 1. The summed E-state index contributed by atoms with van der Waals surface area (Å²) in [6.45, 7) is 2.93. The molecule has 1 aliphatic rings. The number of nitrogens with one attached hydrogen (secondary N) is 1. The van der Waals surface area contributed by atoms with Gasteiger partial charge in [-0.25, -0.2) is 18.1 Å². The number of rotatable bonds is 9. The summed E-state index contributed by atoms with van der Waals surface area (Å²) in [5.41, 5.74) is 7.46. The van der Waals surface area contributed by atoms with E-state index in [2.05, 4.69) is 4.72 Å². The highest BCUT2D eigenvalue weighted by Crippen LogP contribution is 2.38. The maximum Gasteiger partial charge on any atom is 0.320 e. The van der Waals surface area contributed by atoms with Crippen LogP contribution in [-0.2, 0) is 14.8 Å². The van der Waals surface area contributed by atoms with Gasteiger partial charge in [0, 0.05) is 41.3 Å². The minimum Gasteiger partial charge on any atom is -0.462 e. The lowest BCUT2D eigenvalue weighted by atomic mass is 9.80. The number of nitrogens with two attached hydrogens (primary N) is 1. The number of imidazole rings is 1. The van der Waals surface area contributed by atoms with Crippen molar-refractivity contribution in [3.05, 3.63) is 58.6 Å². The van der Waals surface area contributed by atoms with Gasteiger partial charge in [-0.15, -0.1) is 0 Å². The predicted octanol–water partition coefficient (Wildman–Crippen LogP) is 3.81. The van der Waals surface area contributed by atoms with Crippen LogP contribution in [0, 0.1) is 5.41 Å². The van der Waals surface area contributed by atoms with Crippen LogP contribution in [0.4, 0.5) is 5.82 Å². The standard InChI is InChI=1S/C27H29Cl2N7O4S/c1-27(25(30)37)11-14-35(15-12-27)23-21-24(34-26(33-23)40-16-13-31-41(2,38)39)36(18-9-7-17(28)8-10-18)22(32-21)19-5-3-4-6-20(19)29/h3-10,31H,11-16H2,1-2H3,(H2,30,37). The molecule has 0 atom stereocenters. The highest BCUT2D eigenvalue weighted by molar-refractivity contribution is 7.88. The van der Waals surface area contributed by atoms with Gasteiger partial charge in [0.1, 0.15) is 12.4 Å². The summed E-state index contributed by atoms with van der Waals surface area (Å²) in [7, 11) is -3.39. The van der Waals surface area contributed by atoms with Gasteiger partial charge in [0.25, 0.3) is 0 Å². The summed E-state index contributed by atoms with van der Waals surface area (Å²) in [5, 5.41) is 1.08. The van der Waals surface area contributed by atoms with Crippen LogP contribution in [0.3, 0.4) is 0 Å². The van der Waals surface area contributed by atoms with E-state index in [-0.39, 0.29) is 25.1 Å². The summed E-state index contributed by atoms with van der Waals surface area (Å²) >= 11 is 12.8. The first kappa shape index (κ1) is 29.1. The highest BCUT2D eigenvalue weighted by atomic mass is 35.5. The molecule has 0 spiro atoms. The summed E-state index contributed by atoms with van der Waals surface area (Å²) < 4.78 is 33.1. The van der Waals surface area contributed by atoms with Crippen molar-refractivity contribution in [1.29, 1.82) is 0 Å². The molecule has 0 radical (unpaired) electrons. The first-order valence-corrected chi connectivity index (χ1v) is 15.5. The van der Waals surface area contributed by atoms with Gasteiger partial charge < -0.3 is 15.4 Å². The lowest BCUT2D eigenvalue weighted by molar-refractivity contribution is -0.127. The fourth-order valence-electron chi connectivity index (χ4n) is 4.70. The number of aromatic nitrogens is 4. The molecule has 1 fully saturated rings. The van der Waals surface area contributed by atoms with E-state index < -0.39 is 15.4 Å². The number of carbonyl (C=O) groups is 1. The zero-order valence-corrected chi connectivity index (χ0v) is 24.8. The summed E-state index contributed by atoms with van der Waals surface area (Å²) in [5.74, 6) is 0.729. The molecule has 0 unspecified atom stereocenters. The Morgan fingerprint density at radius 3 is 2.39 bits per heavy atom. The fraction of sp³-hybridized carbons (Fsp3) is 0.333. The number of hydrogen-bond acceptors (Lipinski definition) is 8. The van der Waals surface area contributed by atoms with Gasteiger partial charge in [0.05, 0.1) is 11.3 Å². The molecule has 4 aromatic rings. The second-order valence-corrected chi connectivity index (χ2v) is 12.8. The Labute approximate surface area is 247 Å². The highest BCUT2D eigenvalue weighted by Gasteiger charge is 2.37. The first-order valence-electron chi connectivity index (χ1n) is 12.9. The van der Waals surface area contributed by atoms with Gasteiger partial charge in [0.2, 0.25) is 15.9 Å². The Kier molecular flexibility index (Phi) is 8.11. The minimum atomic E-state index is -3.39. The Hall–Kier alpha value is -3.45. The molecule has 1 saturated heterocycles. The number of amides is 1. The van der Waals surface area contributed by atoms with Gasteiger partial charge in [0.15, 0.2) is 17.0 Å². The average Bonchev–Trinajstić information content (AvgIpc) is 3.30. The van der Waals surface area contributed by atoms with E-state index in [4.69, 9.17) is 48.6 Å². The number of anilines is 1. The zero-order chi connectivity index (χ0) is 29.4. The van der Waals surface area contributed by atoms with E-state index in [1.165, 1.54) is 0 Å². The number of piperidine rings is 1. The molecule has 3 heterocycles. The normalized spacial score (nSPS) is 15.3. The van der Waals surface area contributed by atoms with Gasteiger partial charge in [-0.3, -0.25) is 9.36 Å². The van der Waals surface area contributed by atoms with Crippen LogP contribution in [0.25, 0.3) is 28.2 Å². The number of hydrogen-bond donors (Lipinski definition) is 2. The molecule has 41 heavy (non-hydrogen) atoms. The molecule has 1 aliphatic heterocycles. The summed E-state index contributed by atoms with van der Waals surface area (Å²) in [6.07, 6.45) is 2.15. The lowest BCUT2D eigenvalue weighted by Crippen LogP contribution is -2.45. The Bertz CT molecular complexity index is 1700. The lowest BCUT2D eigenvalue weighted by Gasteiger charge is -2.37. The van der Waals surface area contributed by atoms with Crippen molar-refractivity contribution in [3.63, 3.8) is 0 Å². The number of carbonyl (C=O) groups excluding carboxylic acids is 1. The summed E-state index contributed by atoms with van der Waals surface area (Å²) in [4.78, 5) is 28.5. The monoisotopic (exact) mass is 617 g/mol. The molecule has 2 aromatic heterocycles. The van der Waals surface area contributed by atoms with Crippen molar-refractivity contribution in [2.45, 2.75) is 19.8 Å². The van der Waals surface area contributed by atoms with E-state index in [9.17, 15) is 13.2 Å². The van der Waals surface area contributed by atoms with Crippen LogP contribution in [0.15, 0.2) is 48.5 Å². The molecule has 5 rings (SSSR count). The SMILES string of the molecule is CC1(C(N)=O)CCN(c2nc(OCCNS(C)(=O)=O)nc3c2nc(-c2ccccc2Cl)n3-c2ccc(Cl)cc2)CC1. The van der Waals surface area contributed by atoms with Crippen LogP contribution in [0.2, 0.25) is 10.0 Å². The molecule has 2 aromatic carbocycles.